The highest BCUT2D eigenvalue weighted by molar-refractivity contribution is 5.84. The van der Waals surface area contributed by atoms with Gasteiger partial charge < -0.3 is 9.84 Å². The van der Waals surface area contributed by atoms with Gasteiger partial charge >= 0.3 is 5.97 Å². The van der Waals surface area contributed by atoms with Crippen molar-refractivity contribution < 1.29 is 19.4 Å². The second-order valence-electron chi connectivity index (χ2n) is 7.59. The first-order chi connectivity index (χ1) is 13.4. The molecular formula is C23H27NO4. The zero-order valence-electron chi connectivity index (χ0n) is 16.6. The van der Waals surface area contributed by atoms with E-state index in [9.17, 15) is 9.59 Å². The summed E-state index contributed by atoms with van der Waals surface area (Å²) < 4.78 is 6.10. The number of benzene rings is 2. The normalized spacial score (nSPS) is 15.7. The van der Waals surface area contributed by atoms with Crippen molar-refractivity contribution >= 4 is 11.8 Å². The molecule has 1 heterocycles. The number of aryl methyl sites for hydroxylation is 1. The minimum absolute atomic E-state index is 0.114. The minimum atomic E-state index is -0.735. The van der Waals surface area contributed by atoms with Crippen molar-refractivity contribution in [3.05, 3.63) is 59.2 Å². The third kappa shape index (κ3) is 4.60. The highest BCUT2D eigenvalue weighted by Crippen LogP contribution is 2.34. The average Bonchev–Trinajstić information content (AvgIpc) is 2.61. The Labute approximate surface area is 165 Å². The van der Waals surface area contributed by atoms with Crippen LogP contribution >= 0.6 is 0 Å². The summed E-state index contributed by atoms with van der Waals surface area (Å²) in [6.07, 6.45) is 0.702. The second-order valence-corrected chi connectivity index (χ2v) is 7.59. The number of carbonyl (C=O) groups excluding carboxylic acids is 1. The first-order valence-corrected chi connectivity index (χ1v) is 9.70. The number of nitrogens with zero attached hydrogens (tertiary/aromatic N) is 1. The number of ether oxygens (including phenoxy) is 1. The predicted molar refractivity (Wildman–Crippen MR) is 108 cm³/mol. The maximum absolute atomic E-state index is 12.2. The van der Waals surface area contributed by atoms with Crippen molar-refractivity contribution in [2.24, 2.45) is 5.92 Å². The Balaban J connectivity index is 1.83. The van der Waals surface area contributed by atoms with Gasteiger partial charge in [-0.25, -0.2) is 0 Å². The molecule has 1 aliphatic rings. The molecular weight excluding hydrogens is 354 g/mol. The lowest BCUT2D eigenvalue weighted by Gasteiger charge is -2.36. The zero-order valence-corrected chi connectivity index (χ0v) is 16.6. The van der Waals surface area contributed by atoms with Gasteiger partial charge in [-0.15, -0.1) is 0 Å². The number of likely N-dealkylation sites (tertiary alicyclic amines) is 1. The van der Waals surface area contributed by atoms with Gasteiger partial charge in [0.25, 0.3) is 0 Å². The van der Waals surface area contributed by atoms with E-state index in [2.05, 4.69) is 4.90 Å². The largest absolute Gasteiger partial charge is 0.481 e. The van der Waals surface area contributed by atoms with Crippen molar-refractivity contribution in [2.45, 2.75) is 39.7 Å². The molecule has 1 N–H and O–H groups in total. The first kappa shape index (κ1) is 20.1. The maximum Gasteiger partial charge on any atom is 0.309 e. The van der Waals surface area contributed by atoms with Gasteiger partial charge in [0.15, 0.2) is 0 Å². The number of ketones is 1. The lowest BCUT2D eigenvalue weighted by atomic mass is 9.90. The fourth-order valence-electron chi connectivity index (χ4n) is 3.63. The monoisotopic (exact) mass is 381 g/mol. The molecule has 148 valence electrons. The molecule has 0 aromatic heterocycles. The summed E-state index contributed by atoms with van der Waals surface area (Å²) in [5.74, 6) is 0.323. The molecule has 0 saturated carbocycles. The van der Waals surface area contributed by atoms with Crippen LogP contribution in [0.4, 0.5) is 0 Å². The van der Waals surface area contributed by atoms with E-state index in [1.165, 1.54) is 0 Å². The fraction of sp³-hybridized carbons (Fsp3) is 0.391. The minimum Gasteiger partial charge on any atom is -0.481 e. The average molecular weight is 381 g/mol. The van der Waals surface area contributed by atoms with Crippen LogP contribution in [0.5, 0.6) is 11.5 Å². The Kier molecular flexibility index (Phi) is 6.15. The van der Waals surface area contributed by atoms with E-state index in [4.69, 9.17) is 9.84 Å². The summed E-state index contributed by atoms with van der Waals surface area (Å²) in [6.45, 7) is 7.45. The summed E-state index contributed by atoms with van der Waals surface area (Å²) in [5.41, 5.74) is 3.12. The number of hydrogen-bond acceptors (Lipinski definition) is 4. The van der Waals surface area contributed by atoms with Gasteiger partial charge in [0, 0.05) is 31.1 Å². The van der Waals surface area contributed by atoms with E-state index in [-0.39, 0.29) is 17.6 Å². The maximum atomic E-state index is 12.2. The fourth-order valence-corrected chi connectivity index (χ4v) is 3.63. The number of carboxylic acid groups (broad SMARTS) is 1. The molecule has 0 amide bonds. The number of aliphatic carboxylic acids is 1. The van der Waals surface area contributed by atoms with E-state index in [0.717, 1.165) is 22.4 Å². The SMILES string of the molecule is CCC(C(C)=O)c1cc(CN2CC(C(=O)O)C2)ccc1Oc1ccc(C)cc1. The van der Waals surface area contributed by atoms with Crippen LogP contribution in [0.25, 0.3) is 0 Å². The highest BCUT2D eigenvalue weighted by Gasteiger charge is 2.32. The summed E-state index contributed by atoms with van der Waals surface area (Å²) in [6, 6.07) is 13.8. The van der Waals surface area contributed by atoms with Gasteiger partial charge in [-0.2, -0.15) is 0 Å². The van der Waals surface area contributed by atoms with Crippen LogP contribution in [-0.2, 0) is 16.1 Å². The summed E-state index contributed by atoms with van der Waals surface area (Å²) >= 11 is 0. The smallest absolute Gasteiger partial charge is 0.309 e. The van der Waals surface area contributed by atoms with Gasteiger partial charge in [0.1, 0.15) is 17.3 Å². The van der Waals surface area contributed by atoms with Gasteiger partial charge in [0.2, 0.25) is 0 Å². The van der Waals surface area contributed by atoms with E-state index in [1.54, 1.807) is 6.92 Å². The molecule has 0 radical (unpaired) electrons. The summed E-state index contributed by atoms with van der Waals surface area (Å²) in [5, 5.41) is 9.04. The van der Waals surface area contributed by atoms with Crippen LogP contribution in [0, 0.1) is 12.8 Å². The molecule has 1 saturated heterocycles. The van der Waals surface area contributed by atoms with Crippen LogP contribution in [0.1, 0.15) is 42.9 Å². The molecule has 1 atom stereocenters. The Morgan fingerprint density at radius 2 is 1.86 bits per heavy atom. The number of hydrogen-bond donors (Lipinski definition) is 1. The molecule has 2 aromatic rings. The number of rotatable bonds is 8. The van der Waals surface area contributed by atoms with Crippen molar-refractivity contribution in [2.75, 3.05) is 13.1 Å². The van der Waals surface area contributed by atoms with Gasteiger partial charge in [-0.05, 0) is 44.0 Å². The second kappa shape index (κ2) is 8.57. The molecule has 28 heavy (non-hydrogen) atoms. The third-order valence-corrected chi connectivity index (χ3v) is 5.31. The molecule has 5 heteroatoms. The van der Waals surface area contributed by atoms with Crippen molar-refractivity contribution in [1.82, 2.24) is 4.90 Å². The summed E-state index contributed by atoms with van der Waals surface area (Å²) in [7, 11) is 0. The Hall–Kier alpha value is -2.66. The number of carboxylic acids is 1. The standard InChI is InChI=1S/C23H27NO4/c1-4-20(16(3)25)21-11-17(12-24-13-18(14-24)23(26)27)7-10-22(21)28-19-8-5-15(2)6-9-19/h5-11,18,20H,4,12-14H2,1-3H3,(H,26,27). The third-order valence-electron chi connectivity index (χ3n) is 5.31. The molecule has 0 spiro atoms. The number of carbonyl (C=O) groups is 2. The molecule has 1 unspecified atom stereocenters. The Morgan fingerprint density at radius 3 is 2.43 bits per heavy atom. The van der Waals surface area contributed by atoms with E-state index < -0.39 is 5.97 Å². The molecule has 0 aliphatic carbocycles. The van der Waals surface area contributed by atoms with Crippen LogP contribution < -0.4 is 4.74 Å². The Morgan fingerprint density at radius 1 is 1.18 bits per heavy atom. The predicted octanol–water partition coefficient (Wildman–Crippen LogP) is 4.39. The van der Waals surface area contributed by atoms with Crippen LogP contribution in [0.2, 0.25) is 0 Å². The van der Waals surface area contributed by atoms with E-state index in [1.807, 2.05) is 56.3 Å². The molecule has 2 aromatic carbocycles. The summed E-state index contributed by atoms with van der Waals surface area (Å²) in [4.78, 5) is 25.3. The Bertz CT molecular complexity index is 853. The molecule has 3 rings (SSSR count). The van der Waals surface area contributed by atoms with Gasteiger partial charge in [-0.1, -0.05) is 36.8 Å². The molecule has 1 aliphatic heterocycles. The highest BCUT2D eigenvalue weighted by atomic mass is 16.5. The van der Waals surface area contributed by atoms with Gasteiger partial charge in [-0.3, -0.25) is 14.5 Å². The van der Waals surface area contributed by atoms with Crippen molar-refractivity contribution in [3.8, 4) is 11.5 Å². The van der Waals surface area contributed by atoms with Crippen LogP contribution in [-0.4, -0.2) is 34.8 Å². The topological polar surface area (TPSA) is 66.8 Å². The molecule has 1 fully saturated rings. The van der Waals surface area contributed by atoms with Gasteiger partial charge in [0.05, 0.1) is 5.92 Å². The first-order valence-electron chi connectivity index (χ1n) is 9.70. The zero-order chi connectivity index (χ0) is 20.3. The van der Waals surface area contributed by atoms with E-state index in [0.29, 0.717) is 31.8 Å². The van der Waals surface area contributed by atoms with Crippen LogP contribution in [0.15, 0.2) is 42.5 Å². The lowest BCUT2D eigenvalue weighted by Crippen LogP contribution is -2.49. The van der Waals surface area contributed by atoms with E-state index >= 15 is 0 Å². The van der Waals surface area contributed by atoms with Crippen molar-refractivity contribution in [1.29, 1.82) is 0 Å². The molecule has 5 nitrogen and oxygen atoms in total. The van der Waals surface area contributed by atoms with Crippen molar-refractivity contribution in [3.63, 3.8) is 0 Å². The lowest BCUT2D eigenvalue weighted by molar-refractivity contribution is -0.147. The van der Waals surface area contributed by atoms with Crippen LogP contribution in [0.3, 0.4) is 0 Å². The molecule has 0 bridgehead atoms. The quantitative estimate of drug-likeness (QED) is 0.735. The number of Topliss-reactive ketones (excluding diaryl/α,β-unsaturated/α-hetero) is 1.